The molecule has 27 heavy (non-hydrogen) atoms. The van der Waals surface area contributed by atoms with Gasteiger partial charge in [-0.3, -0.25) is 4.79 Å². The summed E-state index contributed by atoms with van der Waals surface area (Å²) < 4.78 is 26.3. The molecule has 1 amide bonds. The molecule has 0 spiro atoms. The molecule has 0 bridgehead atoms. The van der Waals surface area contributed by atoms with E-state index < -0.39 is 10.0 Å². The highest BCUT2D eigenvalue weighted by Gasteiger charge is 2.15. The van der Waals surface area contributed by atoms with Crippen LogP contribution in [0.4, 0.5) is 0 Å². The molecule has 0 aliphatic heterocycles. The van der Waals surface area contributed by atoms with E-state index in [0.29, 0.717) is 18.0 Å². The van der Waals surface area contributed by atoms with Crippen LogP contribution < -0.4 is 10.0 Å². The van der Waals surface area contributed by atoms with Gasteiger partial charge in [0.25, 0.3) is 5.91 Å². The summed E-state index contributed by atoms with van der Waals surface area (Å²) >= 11 is 0. The Kier molecular flexibility index (Phi) is 7.16. The highest BCUT2D eigenvalue weighted by molar-refractivity contribution is 7.89. The van der Waals surface area contributed by atoms with Crippen LogP contribution in [-0.4, -0.2) is 20.9 Å². The van der Waals surface area contributed by atoms with Crippen LogP contribution in [0.5, 0.6) is 0 Å². The molecule has 0 unspecified atom stereocenters. The van der Waals surface area contributed by atoms with Crippen LogP contribution >= 0.6 is 0 Å². The van der Waals surface area contributed by atoms with Crippen molar-refractivity contribution in [1.82, 2.24) is 10.0 Å². The Labute approximate surface area is 162 Å². The normalized spacial score (nSPS) is 12.8. The molecule has 0 aromatic heterocycles. The molecule has 2 N–H and O–H groups in total. The molecule has 0 aliphatic rings. The van der Waals surface area contributed by atoms with Gasteiger partial charge in [-0.1, -0.05) is 45.0 Å². The van der Waals surface area contributed by atoms with E-state index in [2.05, 4.69) is 36.0 Å². The van der Waals surface area contributed by atoms with Crippen LogP contribution in [0.3, 0.4) is 0 Å². The van der Waals surface area contributed by atoms with Gasteiger partial charge in [0.1, 0.15) is 0 Å². The van der Waals surface area contributed by atoms with Gasteiger partial charge in [-0.15, -0.1) is 0 Å². The summed E-state index contributed by atoms with van der Waals surface area (Å²) in [5.41, 5.74) is 2.74. The van der Waals surface area contributed by atoms with Gasteiger partial charge in [-0.2, -0.15) is 0 Å². The fourth-order valence-electron chi connectivity index (χ4n) is 2.84. The lowest BCUT2D eigenvalue weighted by Gasteiger charge is -2.15. The second-order valence-corrected chi connectivity index (χ2v) is 8.83. The number of nitrogens with one attached hydrogen (secondary N) is 2. The van der Waals surface area contributed by atoms with Gasteiger partial charge in [0.15, 0.2) is 0 Å². The van der Waals surface area contributed by atoms with E-state index >= 15 is 0 Å². The lowest BCUT2D eigenvalue weighted by Crippen LogP contribution is -2.27. The second kappa shape index (κ2) is 9.15. The van der Waals surface area contributed by atoms with E-state index in [1.54, 1.807) is 6.92 Å². The zero-order valence-corrected chi connectivity index (χ0v) is 17.1. The summed E-state index contributed by atoms with van der Waals surface area (Å²) in [6.45, 7) is 8.34. The van der Waals surface area contributed by atoms with Crippen molar-refractivity contribution in [2.24, 2.45) is 5.92 Å². The predicted molar refractivity (Wildman–Crippen MR) is 108 cm³/mol. The molecule has 0 saturated heterocycles. The van der Waals surface area contributed by atoms with E-state index in [4.69, 9.17) is 0 Å². The van der Waals surface area contributed by atoms with Crippen molar-refractivity contribution in [3.8, 4) is 0 Å². The minimum atomic E-state index is -3.51. The minimum absolute atomic E-state index is 0.143. The van der Waals surface area contributed by atoms with Crippen molar-refractivity contribution in [3.05, 3.63) is 65.2 Å². The first-order chi connectivity index (χ1) is 12.7. The van der Waals surface area contributed by atoms with Crippen molar-refractivity contribution in [2.45, 2.75) is 45.1 Å². The monoisotopic (exact) mass is 388 g/mol. The van der Waals surface area contributed by atoms with Crippen molar-refractivity contribution in [2.75, 3.05) is 6.54 Å². The predicted octanol–water partition coefficient (Wildman–Crippen LogP) is 3.67. The molecule has 6 heteroatoms. The molecular weight excluding hydrogens is 360 g/mol. The quantitative estimate of drug-likeness (QED) is 0.724. The smallest absolute Gasteiger partial charge is 0.251 e. The van der Waals surface area contributed by atoms with E-state index in [1.807, 2.05) is 19.1 Å². The molecule has 0 heterocycles. The van der Waals surface area contributed by atoms with Crippen LogP contribution in [0.15, 0.2) is 53.4 Å². The van der Waals surface area contributed by atoms with Crippen LogP contribution in [0.25, 0.3) is 0 Å². The van der Waals surface area contributed by atoms with Crippen LogP contribution in [-0.2, 0) is 16.4 Å². The lowest BCUT2D eigenvalue weighted by molar-refractivity contribution is 0.0940. The average Bonchev–Trinajstić information content (AvgIpc) is 2.61. The molecule has 0 fully saturated rings. The molecule has 5 nitrogen and oxygen atoms in total. The fourth-order valence-corrected chi connectivity index (χ4v) is 3.88. The summed E-state index contributed by atoms with van der Waals surface area (Å²) in [5.74, 6) is 0.369. The van der Waals surface area contributed by atoms with Gasteiger partial charge in [0.2, 0.25) is 10.0 Å². The Balaban J connectivity index is 2.03. The molecule has 2 rings (SSSR count). The highest BCUT2D eigenvalue weighted by Crippen LogP contribution is 2.17. The maximum atomic E-state index is 12.5. The first-order valence-corrected chi connectivity index (χ1v) is 10.7. The van der Waals surface area contributed by atoms with E-state index in [0.717, 1.165) is 12.0 Å². The maximum Gasteiger partial charge on any atom is 0.251 e. The number of carbonyl (C=O) groups excluding carboxylic acids is 1. The zero-order chi connectivity index (χ0) is 20.0. The number of hydrogen-bond donors (Lipinski definition) is 2. The standard InChI is InChI=1S/C21H28N2O3S/c1-5-22-27(25,26)20-12-10-19(11-13-20)21(24)23-16(4)18-8-6-17(7-9-18)14-15(2)3/h6-13,15-16,22H,5,14H2,1-4H3,(H,23,24)/t16-/m0/s1. The maximum absolute atomic E-state index is 12.5. The Morgan fingerprint density at radius 1 is 0.963 bits per heavy atom. The minimum Gasteiger partial charge on any atom is -0.346 e. The highest BCUT2D eigenvalue weighted by atomic mass is 32.2. The molecule has 2 aromatic carbocycles. The fraction of sp³-hybridized carbons (Fsp3) is 0.381. The Morgan fingerprint density at radius 3 is 2.07 bits per heavy atom. The van der Waals surface area contributed by atoms with Gasteiger partial charge in [0, 0.05) is 12.1 Å². The lowest BCUT2D eigenvalue weighted by atomic mass is 10.00. The van der Waals surface area contributed by atoms with Crippen molar-refractivity contribution >= 4 is 15.9 Å². The van der Waals surface area contributed by atoms with Crippen LogP contribution in [0.1, 0.15) is 55.2 Å². The van der Waals surface area contributed by atoms with Crippen molar-refractivity contribution < 1.29 is 13.2 Å². The summed E-state index contributed by atoms with van der Waals surface area (Å²) in [6.07, 6.45) is 1.03. The molecule has 0 saturated carbocycles. The van der Waals surface area contributed by atoms with Crippen LogP contribution in [0.2, 0.25) is 0 Å². The first-order valence-electron chi connectivity index (χ1n) is 9.22. The van der Waals surface area contributed by atoms with Gasteiger partial charge >= 0.3 is 0 Å². The molecule has 146 valence electrons. The summed E-state index contributed by atoms with van der Waals surface area (Å²) in [6, 6.07) is 14.1. The molecule has 1 atom stereocenters. The number of hydrogen-bond acceptors (Lipinski definition) is 3. The Hall–Kier alpha value is -2.18. The van der Waals surface area contributed by atoms with Gasteiger partial charge < -0.3 is 5.32 Å². The van der Waals surface area contributed by atoms with Crippen molar-refractivity contribution in [1.29, 1.82) is 0 Å². The number of amides is 1. The van der Waals surface area contributed by atoms with E-state index in [9.17, 15) is 13.2 Å². The van der Waals surface area contributed by atoms with Crippen molar-refractivity contribution in [3.63, 3.8) is 0 Å². The summed E-state index contributed by atoms with van der Waals surface area (Å²) in [7, 11) is -3.51. The first kappa shape index (κ1) is 21.1. The van der Waals surface area contributed by atoms with E-state index in [-0.39, 0.29) is 16.8 Å². The summed E-state index contributed by atoms with van der Waals surface area (Å²) in [5, 5.41) is 2.95. The number of rotatable bonds is 8. The molecule has 0 aliphatic carbocycles. The summed E-state index contributed by atoms with van der Waals surface area (Å²) in [4.78, 5) is 12.6. The number of benzene rings is 2. The second-order valence-electron chi connectivity index (χ2n) is 7.06. The zero-order valence-electron chi connectivity index (χ0n) is 16.3. The van der Waals surface area contributed by atoms with Gasteiger partial charge in [0.05, 0.1) is 10.9 Å². The largest absolute Gasteiger partial charge is 0.346 e. The molecule has 0 radical (unpaired) electrons. The third-order valence-electron chi connectivity index (χ3n) is 4.23. The molecule has 2 aromatic rings. The topological polar surface area (TPSA) is 75.3 Å². The third-order valence-corrected chi connectivity index (χ3v) is 5.79. The van der Waals surface area contributed by atoms with E-state index in [1.165, 1.54) is 29.8 Å². The Morgan fingerprint density at radius 2 is 1.56 bits per heavy atom. The van der Waals surface area contributed by atoms with Gasteiger partial charge in [-0.25, -0.2) is 13.1 Å². The van der Waals surface area contributed by atoms with Gasteiger partial charge in [-0.05, 0) is 54.7 Å². The SMILES string of the molecule is CCNS(=O)(=O)c1ccc(C(=O)N[C@@H](C)c2ccc(CC(C)C)cc2)cc1. The molecular formula is C21H28N2O3S. The number of sulfonamides is 1. The average molecular weight is 389 g/mol. The Bertz CT molecular complexity index is 857. The van der Waals surface area contributed by atoms with Crippen LogP contribution in [0, 0.1) is 5.92 Å². The number of carbonyl (C=O) groups is 1. The third kappa shape index (κ3) is 5.91.